The van der Waals surface area contributed by atoms with Gasteiger partial charge in [-0.25, -0.2) is 0 Å². The molecule has 6 heteroatoms. The topological polar surface area (TPSA) is 90.8 Å². The van der Waals surface area contributed by atoms with Crippen LogP contribution >= 0.6 is 0 Å². The number of ether oxygens (including phenoxy) is 1. The van der Waals surface area contributed by atoms with Gasteiger partial charge in [-0.2, -0.15) is 0 Å². The molecule has 1 heterocycles. The summed E-state index contributed by atoms with van der Waals surface area (Å²) in [6.07, 6.45) is -0.109. The lowest BCUT2D eigenvalue weighted by Gasteiger charge is -2.19. The van der Waals surface area contributed by atoms with Crippen molar-refractivity contribution in [3.05, 3.63) is 23.8 Å². The van der Waals surface area contributed by atoms with E-state index in [-0.39, 0.29) is 29.2 Å². The molecule has 0 radical (unpaired) electrons. The van der Waals surface area contributed by atoms with Crippen LogP contribution in [0.1, 0.15) is 10.4 Å². The lowest BCUT2D eigenvalue weighted by molar-refractivity contribution is 0.0776. The number of rotatable bonds is 3. The number of carbonyl (C=O) groups is 1. The van der Waals surface area contributed by atoms with Crippen molar-refractivity contribution in [1.82, 2.24) is 10.6 Å². The summed E-state index contributed by atoms with van der Waals surface area (Å²) in [5.74, 6) is -0.999. The first-order chi connectivity index (χ1) is 8.63. The molecule has 18 heavy (non-hydrogen) atoms. The van der Waals surface area contributed by atoms with Crippen LogP contribution in [0.4, 0.5) is 0 Å². The van der Waals surface area contributed by atoms with Crippen LogP contribution in [0.5, 0.6) is 11.5 Å². The summed E-state index contributed by atoms with van der Waals surface area (Å²) in [5.41, 5.74) is -0.112. The van der Waals surface area contributed by atoms with Crippen molar-refractivity contribution in [2.75, 3.05) is 20.2 Å². The Bertz CT molecular complexity index is 429. The van der Waals surface area contributed by atoms with E-state index < -0.39 is 5.91 Å². The molecule has 6 nitrogen and oxygen atoms in total. The Morgan fingerprint density at radius 3 is 2.67 bits per heavy atom. The van der Waals surface area contributed by atoms with Crippen molar-refractivity contribution < 1.29 is 19.7 Å². The SMILES string of the molecule is CO[C@H]1CNCC1NC(=O)c1c(O)cccc1O. The van der Waals surface area contributed by atoms with E-state index in [4.69, 9.17) is 4.74 Å². The standard InChI is InChI=1S/C12H16N2O4/c1-18-10-6-13-5-7(10)14-12(17)11-8(15)3-2-4-9(11)16/h2-4,7,10,13,15-16H,5-6H2,1H3,(H,14,17)/t7?,10-/m0/s1. The summed E-state index contributed by atoms with van der Waals surface area (Å²) in [6, 6.07) is 4.00. The van der Waals surface area contributed by atoms with E-state index in [1.165, 1.54) is 18.2 Å². The maximum atomic E-state index is 12.0. The predicted molar refractivity (Wildman–Crippen MR) is 64.7 cm³/mol. The summed E-state index contributed by atoms with van der Waals surface area (Å²) >= 11 is 0. The van der Waals surface area contributed by atoms with E-state index in [2.05, 4.69) is 10.6 Å². The lowest BCUT2D eigenvalue weighted by Crippen LogP contribution is -2.43. The molecular formula is C12H16N2O4. The molecule has 1 aliphatic rings. The van der Waals surface area contributed by atoms with Crippen LogP contribution in [0.2, 0.25) is 0 Å². The first kappa shape index (κ1) is 12.7. The van der Waals surface area contributed by atoms with Gasteiger partial charge in [0.1, 0.15) is 17.1 Å². The first-order valence-corrected chi connectivity index (χ1v) is 5.68. The van der Waals surface area contributed by atoms with Crippen LogP contribution in [0.3, 0.4) is 0 Å². The van der Waals surface area contributed by atoms with E-state index in [9.17, 15) is 15.0 Å². The Balaban J connectivity index is 2.12. The fraction of sp³-hybridized carbons (Fsp3) is 0.417. The van der Waals surface area contributed by atoms with Gasteiger partial charge in [-0.1, -0.05) is 6.07 Å². The number of benzene rings is 1. The highest BCUT2D eigenvalue weighted by Gasteiger charge is 2.29. The van der Waals surface area contributed by atoms with Crippen LogP contribution in [0, 0.1) is 0 Å². The van der Waals surface area contributed by atoms with Crippen molar-refractivity contribution in [3.8, 4) is 11.5 Å². The highest BCUT2D eigenvalue weighted by atomic mass is 16.5. The minimum atomic E-state index is -0.513. The van der Waals surface area contributed by atoms with Gasteiger partial charge in [0.15, 0.2) is 0 Å². The largest absolute Gasteiger partial charge is 0.507 e. The fourth-order valence-corrected chi connectivity index (χ4v) is 2.05. The number of aromatic hydroxyl groups is 2. The van der Waals surface area contributed by atoms with Crippen molar-refractivity contribution in [2.45, 2.75) is 12.1 Å². The quantitative estimate of drug-likeness (QED) is 0.599. The minimum absolute atomic E-state index is 0.109. The average molecular weight is 252 g/mol. The number of phenols is 2. The van der Waals surface area contributed by atoms with E-state index >= 15 is 0 Å². The Labute approximate surface area is 105 Å². The number of methoxy groups -OCH3 is 1. The predicted octanol–water partition coefficient (Wildman–Crippen LogP) is -0.186. The summed E-state index contributed by atoms with van der Waals surface area (Å²) < 4.78 is 5.22. The molecule has 1 aromatic rings. The smallest absolute Gasteiger partial charge is 0.259 e. The van der Waals surface area contributed by atoms with Gasteiger partial charge in [0.05, 0.1) is 12.1 Å². The lowest BCUT2D eigenvalue weighted by atomic mass is 10.1. The Hall–Kier alpha value is -1.79. The molecule has 0 aliphatic carbocycles. The molecule has 4 N–H and O–H groups in total. The molecule has 0 aromatic heterocycles. The molecule has 0 spiro atoms. The number of hydrogen-bond acceptors (Lipinski definition) is 5. The molecule has 1 saturated heterocycles. The number of nitrogens with one attached hydrogen (secondary N) is 2. The van der Waals surface area contributed by atoms with Crippen molar-refractivity contribution in [1.29, 1.82) is 0 Å². The molecular weight excluding hydrogens is 236 g/mol. The molecule has 0 bridgehead atoms. The molecule has 2 rings (SSSR count). The second-order valence-corrected chi connectivity index (χ2v) is 4.18. The van der Waals surface area contributed by atoms with Crippen molar-refractivity contribution in [2.24, 2.45) is 0 Å². The zero-order valence-corrected chi connectivity index (χ0v) is 10.0. The van der Waals surface area contributed by atoms with Crippen LogP contribution in [-0.4, -0.2) is 48.5 Å². The monoisotopic (exact) mass is 252 g/mol. The van der Waals surface area contributed by atoms with Gasteiger partial charge in [0, 0.05) is 20.2 Å². The van der Waals surface area contributed by atoms with Gasteiger partial charge in [0.2, 0.25) is 0 Å². The molecule has 1 amide bonds. The van der Waals surface area contributed by atoms with Crippen LogP contribution in [-0.2, 0) is 4.74 Å². The highest BCUT2D eigenvalue weighted by Crippen LogP contribution is 2.26. The number of amides is 1. The fourth-order valence-electron chi connectivity index (χ4n) is 2.05. The Morgan fingerprint density at radius 2 is 2.06 bits per heavy atom. The normalized spacial score (nSPS) is 22.9. The number of phenolic OH excluding ortho intramolecular Hbond substituents is 2. The van der Waals surface area contributed by atoms with Gasteiger partial charge in [-0.15, -0.1) is 0 Å². The van der Waals surface area contributed by atoms with E-state index in [1.54, 1.807) is 7.11 Å². The second kappa shape index (κ2) is 5.24. The summed E-state index contributed by atoms with van der Waals surface area (Å²) in [7, 11) is 1.58. The van der Waals surface area contributed by atoms with E-state index in [0.29, 0.717) is 13.1 Å². The van der Waals surface area contributed by atoms with Crippen molar-refractivity contribution >= 4 is 5.91 Å². The van der Waals surface area contributed by atoms with Crippen molar-refractivity contribution in [3.63, 3.8) is 0 Å². The molecule has 1 unspecified atom stereocenters. The highest BCUT2D eigenvalue weighted by molar-refractivity contribution is 5.99. The maximum Gasteiger partial charge on any atom is 0.259 e. The zero-order valence-electron chi connectivity index (χ0n) is 10.0. The third-order valence-corrected chi connectivity index (χ3v) is 3.03. The molecule has 0 saturated carbocycles. The third-order valence-electron chi connectivity index (χ3n) is 3.03. The number of hydrogen-bond donors (Lipinski definition) is 4. The van der Waals surface area contributed by atoms with Gasteiger partial charge in [-0.3, -0.25) is 4.79 Å². The molecule has 98 valence electrons. The molecule has 1 fully saturated rings. The maximum absolute atomic E-state index is 12.0. The molecule has 2 atom stereocenters. The Kier molecular flexibility index (Phi) is 3.69. The Morgan fingerprint density at radius 1 is 1.39 bits per heavy atom. The minimum Gasteiger partial charge on any atom is -0.507 e. The van der Waals surface area contributed by atoms with Gasteiger partial charge in [-0.05, 0) is 12.1 Å². The summed E-state index contributed by atoms with van der Waals surface area (Å²) in [5, 5.41) is 25.0. The van der Waals surface area contributed by atoms with Crippen LogP contribution in [0.25, 0.3) is 0 Å². The average Bonchev–Trinajstić information content (AvgIpc) is 2.76. The van der Waals surface area contributed by atoms with Gasteiger partial charge in [0.25, 0.3) is 5.91 Å². The first-order valence-electron chi connectivity index (χ1n) is 5.68. The van der Waals surface area contributed by atoms with Gasteiger partial charge < -0.3 is 25.6 Å². The van der Waals surface area contributed by atoms with E-state index in [1.807, 2.05) is 0 Å². The zero-order chi connectivity index (χ0) is 13.1. The van der Waals surface area contributed by atoms with E-state index in [0.717, 1.165) is 0 Å². The summed E-state index contributed by atoms with van der Waals surface area (Å²) in [4.78, 5) is 12.0. The molecule has 1 aliphatic heterocycles. The van der Waals surface area contributed by atoms with Gasteiger partial charge >= 0.3 is 0 Å². The number of carbonyl (C=O) groups excluding carboxylic acids is 1. The van der Waals surface area contributed by atoms with Crippen LogP contribution < -0.4 is 10.6 Å². The summed E-state index contributed by atoms with van der Waals surface area (Å²) in [6.45, 7) is 1.26. The third kappa shape index (κ3) is 2.39. The molecule has 1 aromatic carbocycles. The van der Waals surface area contributed by atoms with Crippen LogP contribution in [0.15, 0.2) is 18.2 Å². The second-order valence-electron chi connectivity index (χ2n) is 4.18.